The summed E-state index contributed by atoms with van der Waals surface area (Å²) in [5, 5.41) is 13.4. The van der Waals surface area contributed by atoms with Crippen molar-refractivity contribution in [2.75, 3.05) is 6.54 Å². The van der Waals surface area contributed by atoms with E-state index in [9.17, 15) is 5.11 Å². The van der Waals surface area contributed by atoms with Crippen LogP contribution < -0.4 is 5.32 Å². The minimum absolute atomic E-state index is 0.00500. The highest BCUT2D eigenvalue weighted by molar-refractivity contribution is 4.81. The Morgan fingerprint density at radius 1 is 1.12 bits per heavy atom. The fourth-order valence-electron chi connectivity index (χ4n) is 3.45. The van der Waals surface area contributed by atoms with Gasteiger partial charge in [-0.1, -0.05) is 19.8 Å². The molecule has 0 aliphatic heterocycles. The van der Waals surface area contributed by atoms with Crippen LogP contribution in [-0.4, -0.2) is 23.8 Å². The summed E-state index contributed by atoms with van der Waals surface area (Å²) in [6, 6.07) is 0.772. The van der Waals surface area contributed by atoms with Crippen molar-refractivity contribution >= 4 is 0 Å². The Hall–Kier alpha value is -0.0800. The quantitative estimate of drug-likeness (QED) is 0.705. The minimum Gasteiger partial charge on any atom is -0.393 e. The monoisotopic (exact) mass is 225 g/mol. The van der Waals surface area contributed by atoms with Gasteiger partial charge in [-0.2, -0.15) is 0 Å². The Morgan fingerprint density at radius 2 is 1.94 bits per heavy atom. The molecule has 4 unspecified atom stereocenters. The summed E-state index contributed by atoms with van der Waals surface area (Å²) in [5.74, 6) is 1.47. The molecule has 0 bridgehead atoms. The molecule has 2 nitrogen and oxygen atoms in total. The van der Waals surface area contributed by atoms with Crippen LogP contribution in [0.5, 0.6) is 0 Å². The molecule has 4 atom stereocenters. The normalized spacial score (nSPS) is 39.4. The lowest BCUT2D eigenvalue weighted by atomic mass is 9.99. The molecule has 2 heteroatoms. The van der Waals surface area contributed by atoms with E-state index in [0.29, 0.717) is 5.92 Å². The maximum Gasteiger partial charge on any atom is 0.0568 e. The summed E-state index contributed by atoms with van der Waals surface area (Å²) < 4.78 is 0. The first-order valence-electron chi connectivity index (χ1n) is 7.19. The zero-order valence-electron chi connectivity index (χ0n) is 10.6. The third-order valence-electron chi connectivity index (χ3n) is 4.64. The second-order valence-corrected chi connectivity index (χ2v) is 5.87. The summed E-state index contributed by atoms with van der Waals surface area (Å²) >= 11 is 0. The van der Waals surface area contributed by atoms with Crippen LogP contribution in [0, 0.1) is 11.8 Å². The van der Waals surface area contributed by atoms with Crippen LogP contribution in [-0.2, 0) is 0 Å². The molecule has 0 amide bonds. The van der Waals surface area contributed by atoms with Crippen molar-refractivity contribution in [1.82, 2.24) is 5.32 Å². The zero-order valence-corrected chi connectivity index (χ0v) is 10.6. The topological polar surface area (TPSA) is 32.3 Å². The van der Waals surface area contributed by atoms with E-state index in [1.807, 2.05) is 0 Å². The van der Waals surface area contributed by atoms with Gasteiger partial charge in [0.2, 0.25) is 0 Å². The molecule has 0 aromatic heterocycles. The molecule has 2 rings (SSSR count). The largest absolute Gasteiger partial charge is 0.393 e. The predicted octanol–water partition coefficient (Wildman–Crippen LogP) is 2.71. The Balaban J connectivity index is 1.54. The SMILES string of the molecule is CC1CCCC1NCCCC1CCCC1O. The van der Waals surface area contributed by atoms with E-state index in [0.717, 1.165) is 24.9 Å². The summed E-state index contributed by atoms with van der Waals surface area (Å²) in [6.45, 7) is 3.52. The predicted molar refractivity (Wildman–Crippen MR) is 67.4 cm³/mol. The van der Waals surface area contributed by atoms with Gasteiger partial charge >= 0.3 is 0 Å². The summed E-state index contributed by atoms with van der Waals surface area (Å²) in [6.07, 6.45) is 10.2. The number of hydrogen-bond donors (Lipinski definition) is 2. The Bertz CT molecular complexity index is 185. The highest BCUT2D eigenvalue weighted by atomic mass is 16.3. The van der Waals surface area contributed by atoms with Crippen LogP contribution in [0.2, 0.25) is 0 Å². The van der Waals surface area contributed by atoms with Gasteiger partial charge in [0, 0.05) is 6.04 Å². The summed E-state index contributed by atoms with van der Waals surface area (Å²) in [5.41, 5.74) is 0. The van der Waals surface area contributed by atoms with Crippen LogP contribution in [0.25, 0.3) is 0 Å². The summed E-state index contributed by atoms with van der Waals surface area (Å²) in [4.78, 5) is 0. The number of hydrogen-bond acceptors (Lipinski definition) is 2. The molecule has 16 heavy (non-hydrogen) atoms. The van der Waals surface area contributed by atoms with Gasteiger partial charge in [-0.05, 0) is 56.9 Å². The average molecular weight is 225 g/mol. The number of rotatable bonds is 5. The van der Waals surface area contributed by atoms with Gasteiger partial charge in [0.25, 0.3) is 0 Å². The third kappa shape index (κ3) is 3.21. The maximum atomic E-state index is 9.72. The minimum atomic E-state index is 0.00500. The molecule has 2 N–H and O–H groups in total. The Kier molecular flexibility index (Phi) is 4.66. The molecule has 2 aliphatic carbocycles. The molecule has 0 aromatic rings. The van der Waals surface area contributed by atoms with E-state index >= 15 is 0 Å². The second-order valence-electron chi connectivity index (χ2n) is 5.87. The van der Waals surface area contributed by atoms with Crippen LogP contribution in [0.1, 0.15) is 58.3 Å². The van der Waals surface area contributed by atoms with Gasteiger partial charge < -0.3 is 10.4 Å². The Morgan fingerprint density at radius 3 is 2.56 bits per heavy atom. The number of nitrogens with one attached hydrogen (secondary N) is 1. The van der Waals surface area contributed by atoms with E-state index in [2.05, 4.69) is 12.2 Å². The molecule has 0 saturated heterocycles. The first-order chi connectivity index (χ1) is 7.77. The van der Waals surface area contributed by atoms with E-state index in [-0.39, 0.29) is 6.10 Å². The highest BCUT2D eigenvalue weighted by Crippen LogP contribution is 2.29. The standard InChI is InChI=1S/C14H27NO/c1-11-5-2-8-13(11)15-10-4-7-12-6-3-9-14(12)16/h11-16H,2-10H2,1H3. The van der Waals surface area contributed by atoms with E-state index in [4.69, 9.17) is 0 Å². The molecular formula is C14H27NO. The second kappa shape index (κ2) is 6.02. The van der Waals surface area contributed by atoms with Crippen molar-refractivity contribution in [2.24, 2.45) is 11.8 Å². The molecular weight excluding hydrogens is 198 g/mol. The summed E-state index contributed by atoms with van der Waals surface area (Å²) in [7, 11) is 0. The van der Waals surface area contributed by atoms with Gasteiger partial charge in [-0.3, -0.25) is 0 Å². The van der Waals surface area contributed by atoms with Crippen molar-refractivity contribution in [3.8, 4) is 0 Å². The molecule has 2 fully saturated rings. The van der Waals surface area contributed by atoms with Gasteiger partial charge in [0.1, 0.15) is 0 Å². The van der Waals surface area contributed by atoms with Gasteiger partial charge in [0.05, 0.1) is 6.10 Å². The van der Waals surface area contributed by atoms with Crippen LogP contribution in [0.3, 0.4) is 0 Å². The maximum absolute atomic E-state index is 9.72. The van der Waals surface area contributed by atoms with Crippen molar-refractivity contribution < 1.29 is 5.11 Å². The third-order valence-corrected chi connectivity index (χ3v) is 4.64. The molecule has 0 radical (unpaired) electrons. The first-order valence-corrected chi connectivity index (χ1v) is 7.19. The van der Waals surface area contributed by atoms with Crippen molar-refractivity contribution in [3.63, 3.8) is 0 Å². The van der Waals surface area contributed by atoms with Gasteiger partial charge in [-0.15, -0.1) is 0 Å². The zero-order chi connectivity index (χ0) is 11.4. The van der Waals surface area contributed by atoms with Crippen molar-refractivity contribution in [1.29, 1.82) is 0 Å². The van der Waals surface area contributed by atoms with Crippen LogP contribution in [0.4, 0.5) is 0 Å². The molecule has 0 spiro atoms. The number of aliphatic hydroxyl groups excluding tert-OH is 1. The molecule has 2 aliphatic rings. The molecule has 94 valence electrons. The fraction of sp³-hybridized carbons (Fsp3) is 1.00. The van der Waals surface area contributed by atoms with Crippen molar-refractivity contribution in [3.05, 3.63) is 0 Å². The molecule has 0 heterocycles. The van der Waals surface area contributed by atoms with E-state index < -0.39 is 0 Å². The molecule has 2 saturated carbocycles. The molecule has 0 aromatic carbocycles. The van der Waals surface area contributed by atoms with Gasteiger partial charge in [-0.25, -0.2) is 0 Å². The lowest BCUT2D eigenvalue weighted by Crippen LogP contribution is -2.32. The van der Waals surface area contributed by atoms with E-state index in [1.165, 1.54) is 44.9 Å². The smallest absolute Gasteiger partial charge is 0.0568 e. The lowest BCUT2D eigenvalue weighted by molar-refractivity contribution is 0.126. The fourth-order valence-corrected chi connectivity index (χ4v) is 3.45. The van der Waals surface area contributed by atoms with Crippen molar-refractivity contribution in [2.45, 2.75) is 70.4 Å². The average Bonchev–Trinajstić information content (AvgIpc) is 2.84. The Labute approximate surface area is 99.8 Å². The van der Waals surface area contributed by atoms with Crippen LogP contribution >= 0.6 is 0 Å². The van der Waals surface area contributed by atoms with Gasteiger partial charge in [0.15, 0.2) is 0 Å². The first kappa shape index (κ1) is 12.4. The van der Waals surface area contributed by atoms with E-state index in [1.54, 1.807) is 0 Å². The van der Waals surface area contributed by atoms with Crippen LogP contribution in [0.15, 0.2) is 0 Å². The highest BCUT2D eigenvalue weighted by Gasteiger charge is 2.25. The lowest BCUT2D eigenvalue weighted by Gasteiger charge is -2.18. The number of aliphatic hydroxyl groups is 1.